The Bertz CT molecular complexity index is 396. The van der Waals surface area contributed by atoms with Crippen molar-refractivity contribution in [3.63, 3.8) is 0 Å². The van der Waals surface area contributed by atoms with Crippen LogP contribution < -0.4 is 15.2 Å². The smallest absolute Gasteiger partial charge is 0.231 e. The lowest BCUT2D eigenvalue weighted by atomic mass is 10.1. The van der Waals surface area contributed by atoms with Crippen LogP contribution in [-0.2, 0) is 0 Å². The standard InChI is InChI=1S/C9H10BrNO4/c10-7-8(13)4(5(11)2-12)1-6-9(7)15-3-14-6/h1,5,12-13H,2-3,11H2. The normalized spacial score (nSPS) is 15.4. The Morgan fingerprint density at radius 1 is 1.53 bits per heavy atom. The number of aliphatic hydroxyl groups excluding tert-OH is 1. The number of phenolic OH excluding ortho intramolecular Hbond substituents is 1. The van der Waals surface area contributed by atoms with Crippen LogP contribution in [0.5, 0.6) is 17.2 Å². The first kappa shape index (κ1) is 10.5. The molecular formula is C9H10BrNO4. The molecule has 0 spiro atoms. The van der Waals surface area contributed by atoms with Crippen LogP contribution in [0.25, 0.3) is 0 Å². The number of aliphatic hydroxyl groups is 1. The number of fused-ring (bicyclic) bond motifs is 1. The second-order valence-electron chi connectivity index (χ2n) is 3.15. The summed E-state index contributed by atoms with van der Waals surface area (Å²) in [6.07, 6.45) is 0. The monoisotopic (exact) mass is 275 g/mol. The van der Waals surface area contributed by atoms with E-state index in [0.717, 1.165) is 0 Å². The summed E-state index contributed by atoms with van der Waals surface area (Å²) in [6, 6.07) is 0.930. The maximum absolute atomic E-state index is 9.79. The van der Waals surface area contributed by atoms with E-state index in [4.69, 9.17) is 20.3 Å². The number of hydrogen-bond acceptors (Lipinski definition) is 5. The molecule has 4 N–H and O–H groups in total. The van der Waals surface area contributed by atoms with E-state index in [2.05, 4.69) is 15.9 Å². The minimum Gasteiger partial charge on any atom is -0.506 e. The van der Waals surface area contributed by atoms with Gasteiger partial charge in [0, 0.05) is 5.56 Å². The Morgan fingerprint density at radius 2 is 2.27 bits per heavy atom. The van der Waals surface area contributed by atoms with Crippen molar-refractivity contribution in [1.29, 1.82) is 0 Å². The molecule has 82 valence electrons. The van der Waals surface area contributed by atoms with E-state index in [9.17, 15) is 5.11 Å². The van der Waals surface area contributed by atoms with Gasteiger partial charge in [0.15, 0.2) is 11.5 Å². The molecule has 1 aliphatic heterocycles. The fraction of sp³-hybridized carbons (Fsp3) is 0.333. The average Bonchev–Trinajstić information content (AvgIpc) is 2.70. The Hall–Kier alpha value is -0.980. The molecule has 6 heteroatoms. The molecule has 1 aliphatic rings. The third-order valence-corrected chi connectivity index (χ3v) is 2.94. The summed E-state index contributed by atoms with van der Waals surface area (Å²) in [5.41, 5.74) is 6.06. The summed E-state index contributed by atoms with van der Waals surface area (Å²) in [6.45, 7) is -0.134. The first-order valence-electron chi connectivity index (χ1n) is 4.32. The van der Waals surface area contributed by atoms with Gasteiger partial charge >= 0.3 is 0 Å². The number of aromatic hydroxyl groups is 1. The number of rotatable bonds is 2. The van der Waals surface area contributed by atoms with Crippen molar-refractivity contribution in [2.24, 2.45) is 5.73 Å². The highest BCUT2D eigenvalue weighted by Crippen LogP contribution is 2.47. The predicted octanol–water partition coefficient (Wildman–Crippen LogP) is 0.875. The quantitative estimate of drug-likeness (QED) is 0.746. The fourth-order valence-electron chi connectivity index (χ4n) is 1.39. The van der Waals surface area contributed by atoms with Crippen LogP contribution in [0, 0.1) is 0 Å². The Balaban J connectivity index is 2.54. The molecule has 1 aromatic carbocycles. The minimum absolute atomic E-state index is 0.0270. The fourth-order valence-corrected chi connectivity index (χ4v) is 1.93. The molecule has 0 bridgehead atoms. The second kappa shape index (κ2) is 3.88. The van der Waals surface area contributed by atoms with Crippen molar-refractivity contribution in [3.8, 4) is 17.2 Å². The van der Waals surface area contributed by atoms with Crippen LogP contribution in [0.2, 0.25) is 0 Å². The summed E-state index contributed by atoms with van der Waals surface area (Å²) >= 11 is 3.19. The van der Waals surface area contributed by atoms with Crippen molar-refractivity contribution in [2.45, 2.75) is 6.04 Å². The van der Waals surface area contributed by atoms with Gasteiger partial charge in [0.25, 0.3) is 0 Å². The van der Waals surface area contributed by atoms with Crippen molar-refractivity contribution in [3.05, 3.63) is 16.1 Å². The molecule has 1 heterocycles. The topological polar surface area (TPSA) is 84.9 Å². The van der Waals surface area contributed by atoms with E-state index in [1.807, 2.05) is 0 Å². The zero-order chi connectivity index (χ0) is 11.0. The lowest BCUT2D eigenvalue weighted by Crippen LogP contribution is -2.14. The van der Waals surface area contributed by atoms with Gasteiger partial charge in [0.2, 0.25) is 6.79 Å². The van der Waals surface area contributed by atoms with Crippen molar-refractivity contribution in [2.75, 3.05) is 13.4 Å². The van der Waals surface area contributed by atoms with Crippen LogP contribution >= 0.6 is 15.9 Å². The Kier molecular flexibility index (Phi) is 2.72. The van der Waals surface area contributed by atoms with E-state index >= 15 is 0 Å². The van der Waals surface area contributed by atoms with E-state index < -0.39 is 6.04 Å². The van der Waals surface area contributed by atoms with E-state index in [-0.39, 0.29) is 19.1 Å². The second-order valence-corrected chi connectivity index (χ2v) is 3.94. The summed E-state index contributed by atoms with van der Waals surface area (Å²) in [7, 11) is 0. The zero-order valence-electron chi connectivity index (χ0n) is 7.74. The first-order chi connectivity index (χ1) is 7.15. The summed E-state index contributed by atoms with van der Waals surface area (Å²) in [4.78, 5) is 0. The summed E-state index contributed by atoms with van der Waals surface area (Å²) in [5.74, 6) is 0.945. The van der Waals surface area contributed by atoms with Gasteiger partial charge in [-0.25, -0.2) is 0 Å². The van der Waals surface area contributed by atoms with Gasteiger partial charge in [-0.15, -0.1) is 0 Å². The molecule has 1 atom stereocenters. The van der Waals surface area contributed by atoms with Crippen LogP contribution in [0.4, 0.5) is 0 Å². The Labute approximate surface area is 94.5 Å². The van der Waals surface area contributed by atoms with E-state index in [1.54, 1.807) is 6.07 Å². The van der Waals surface area contributed by atoms with Gasteiger partial charge in [-0.1, -0.05) is 0 Å². The number of halogens is 1. The highest BCUT2D eigenvalue weighted by atomic mass is 79.9. The number of phenols is 1. The molecule has 0 fully saturated rings. The largest absolute Gasteiger partial charge is 0.506 e. The predicted molar refractivity (Wildman–Crippen MR) is 55.9 cm³/mol. The molecule has 1 unspecified atom stereocenters. The third-order valence-electron chi connectivity index (χ3n) is 2.20. The third kappa shape index (κ3) is 1.64. The zero-order valence-corrected chi connectivity index (χ0v) is 9.32. The van der Waals surface area contributed by atoms with E-state index in [1.165, 1.54) is 0 Å². The number of hydrogen-bond donors (Lipinski definition) is 3. The number of nitrogens with two attached hydrogens (primary N) is 1. The molecule has 0 saturated carbocycles. The number of benzene rings is 1. The van der Waals surface area contributed by atoms with Gasteiger partial charge in [-0.2, -0.15) is 0 Å². The lowest BCUT2D eigenvalue weighted by Gasteiger charge is -2.13. The molecular weight excluding hydrogens is 266 g/mol. The molecule has 0 aromatic heterocycles. The molecule has 15 heavy (non-hydrogen) atoms. The maximum atomic E-state index is 9.79. The van der Waals surface area contributed by atoms with E-state index in [0.29, 0.717) is 21.5 Å². The molecule has 0 amide bonds. The molecule has 5 nitrogen and oxygen atoms in total. The average molecular weight is 276 g/mol. The minimum atomic E-state index is -0.643. The SMILES string of the molecule is NC(CO)c1cc2c(c(Br)c1O)OCO2. The van der Waals surface area contributed by atoms with Gasteiger partial charge < -0.3 is 25.4 Å². The van der Waals surface area contributed by atoms with Crippen molar-refractivity contribution < 1.29 is 19.7 Å². The highest BCUT2D eigenvalue weighted by Gasteiger charge is 2.24. The number of ether oxygens (including phenoxy) is 2. The van der Waals surface area contributed by atoms with Crippen molar-refractivity contribution in [1.82, 2.24) is 0 Å². The van der Waals surface area contributed by atoms with Crippen molar-refractivity contribution >= 4 is 15.9 Å². The van der Waals surface area contributed by atoms with Crippen LogP contribution in [0.3, 0.4) is 0 Å². The van der Waals surface area contributed by atoms with Crippen LogP contribution in [0.15, 0.2) is 10.5 Å². The molecule has 0 saturated heterocycles. The van der Waals surface area contributed by atoms with Gasteiger partial charge in [-0.3, -0.25) is 0 Å². The highest BCUT2D eigenvalue weighted by molar-refractivity contribution is 9.10. The summed E-state index contributed by atoms with van der Waals surface area (Å²) < 4.78 is 10.7. The molecule has 2 rings (SSSR count). The Morgan fingerprint density at radius 3 is 2.93 bits per heavy atom. The van der Waals surface area contributed by atoms with Crippen LogP contribution in [0.1, 0.15) is 11.6 Å². The van der Waals surface area contributed by atoms with Gasteiger partial charge in [-0.05, 0) is 22.0 Å². The summed E-state index contributed by atoms with van der Waals surface area (Å²) in [5, 5.41) is 18.7. The first-order valence-corrected chi connectivity index (χ1v) is 5.12. The van der Waals surface area contributed by atoms with Crippen LogP contribution in [-0.4, -0.2) is 23.6 Å². The molecule has 1 aromatic rings. The van der Waals surface area contributed by atoms with Gasteiger partial charge in [0.1, 0.15) is 10.2 Å². The lowest BCUT2D eigenvalue weighted by molar-refractivity contribution is 0.173. The molecule has 0 radical (unpaired) electrons. The maximum Gasteiger partial charge on any atom is 0.231 e. The van der Waals surface area contributed by atoms with Gasteiger partial charge in [0.05, 0.1) is 12.6 Å². The molecule has 0 aliphatic carbocycles.